The Kier molecular flexibility index (Phi) is 5.38. The molecule has 5 rings (SSSR count). The van der Waals surface area contributed by atoms with Gasteiger partial charge in [-0.2, -0.15) is 4.98 Å². The Balaban J connectivity index is 1.27. The molecule has 8 nitrogen and oxygen atoms in total. The fraction of sp³-hybridized carbons (Fsp3) is 0.348. The van der Waals surface area contributed by atoms with Crippen LogP contribution in [0.1, 0.15) is 25.6 Å². The van der Waals surface area contributed by atoms with Crippen molar-refractivity contribution in [2.75, 3.05) is 30.1 Å². The Morgan fingerprint density at radius 1 is 1.22 bits per heavy atom. The third-order valence-corrected chi connectivity index (χ3v) is 5.75. The van der Waals surface area contributed by atoms with Gasteiger partial charge in [-0.3, -0.25) is 4.79 Å². The third kappa shape index (κ3) is 3.98. The highest BCUT2D eigenvalue weighted by Gasteiger charge is 2.28. The first kappa shape index (κ1) is 20.3. The smallest absolute Gasteiger partial charge is 0.258 e. The number of anilines is 2. The lowest BCUT2D eigenvalue weighted by molar-refractivity contribution is -0.120. The number of piperidine rings is 1. The fourth-order valence-corrected chi connectivity index (χ4v) is 4.04. The number of ether oxygens (including phenoxy) is 2. The van der Waals surface area contributed by atoms with Crippen LogP contribution in [0.15, 0.2) is 40.9 Å². The second-order valence-electron chi connectivity index (χ2n) is 7.88. The number of hydrogen-bond acceptors (Lipinski definition) is 7. The van der Waals surface area contributed by atoms with Crippen molar-refractivity contribution in [1.29, 1.82) is 0 Å². The van der Waals surface area contributed by atoms with Crippen LogP contribution in [-0.2, 0) is 11.2 Å². The molecule has 0 aliphatic carbocycles. The molecule has 2 aliphatic heterocycles. The maximum atomic E-state index is 15.0. The summed E-state index contributed by atoms with van der Waals surface area (Å²) in [5.74, 6) is 1.43. The molecular weight excluding hydrogens is 415 g/mol. The molecule has 32 heavy (non-hydrogen) atoms. The molecule has 2 aromatic carbocycles. The van der Waals surface area contributed by atoms with E-state index in [-0.39, 0.29) is 24.4 Å². The van der Waals surface area contributed by atoms with Crippen molar-refractivity contribution in [1.82, 2.24) is 10.1 Å². The highest BCUT2D eigenvalue weighted by Crippen LogP contribution is 2.35. The van der Waals surface area contributed by atoms with E-state index in [2.05, 4.69) is 15.5 Å². The number of fused-ring (bicyclic) bond motifs is 1. The van der Waals surface area contributed by atoms with Crippen molar-refractivity contribution >= 4 is 17.3 Å². The number of hydrogen-bond donors (Lipinski definition) is 1. The van der Waals surface area contributed by atoms with Gasteiger partial charge in [0, 0.05) is 36.8 Å². The molecular formula is C23H23FN4O4. The molecule has 1 atom stereocenters. The zero-order valence-electron chi connectivity index (χ0n) is 17.6. The molecule has 166 valence electrons. The Hall–Kier alpha value is -3.62. The number of halogens is 1. The van der Waals surface area contributed by atoms with Crippen molar-refractivity contribution in [3.05, 3.63) is 48.0 Å². The minimum absolute atomic E-state index is 0.0939. The lowest BCUT2D eigenvalue weighted by atomic mass is 9.96. The monoisotopic (exact) mass is 438 g/mol. The number of nitrogens with zero attached hydrogens (tertiary/aromatic N) is 3. The fourth-order valence-electron chi connectivity index (χ4n) is 4.04. The first-order valence-electron chi connectivity index (χ1n) is 10.7. The summed E-state index contributed by atoms with van der Waals surface area (Å²) in [6.45, 7) is 3.23. The Morgan fingerprint density at radius 3 is 2.91 bits per heavy atom. The zero-order chi connectivity index (χ0) is 22.1. The maximum Gasteiger partial charge on any atom is 0.258 e. The summed E-state index contributed by atoms with van der Waals surface area (Å²) in [4.78, 5) is 19.0. The van der Waals surface area contributed by atoms with Gasteiger partial charge in [-0.15, -0.1) is 0 Å². The highest BCUT2D eigenvalue weighted by molar-refractivity contribution is 5.93. The van der Waals surface area contributed by atoms with Crippen LogP contribution in [-0.4, -0.2) is 35.9 Å². The summed E-state index contributed by atoms with van der Waals surface area (Å²) in [7, 11) is 0. The molecule has 1 saturated heterocycles. The van der Waals surface area contributed by atoms with Crippen molar-refractivity contribution < 1.29 is 23.2 Å². The average Bonchev–Trinajstić information content (AvgIpc) is 3.48. The molecule has 1 amide bonds. The largest absolute Gasteiger partial charge is 0.454 e. The quantitative estimate of drug-likeness (QED) is 0.643. The predicted octanol–water partition coefficient (Wildman–Crippen LogP) is 4.02. The molecule has 1 unspecified atom stereocenters. The van der Waals surface area contributed by atoms with E-state index >= 15 is 0 Å². The molecule has 0 saturated carbocycles. The standard InChI is InChI=1S/C23H23FN4O4/c1-2-21-26-23(32-27-21)14-5-7-18(17(24)10-14)28-9-3-4-15(12-28)22(29)25-16-6-8-19-20(11-16)31-13-30-19/h5-8,10-11,15H,2-4,9,12-13H2,1H3,(H,25,29). The number of nitrogens with one attached hydrogen (secondary N) is 1. The van der Waals surface area contributed by atoms with Crippen LogP contribution < -0.4 is 19.7 Å². The highest BCUT2D eigenvalue weighted by atomic mass is 19.1. The lowest BCUT2D eigenvalue weighted by Gasteiger charge is -2.34. The van der Waals surface area contributed by atoms with E-state index < -0.39 is 0 Å². The van der Waals surface area contributed by atoms with Crippen molar-refractivity contribution in [3.8, 4) is 23.0 Å². The second kappa shape index (κ2) is 8.49. The van der Waals surface area contributed by atoms with E-state index in [1.807, 2.05) is 11.8 Å². The second-order valence-corrected chi connectivity index (χ2v) is 7.88. The van der Waals surface area contributed by atoms with E-state index in [1.165, 1.54) is 6.07 Å². The molecule has 2 aliphatic rings. The predicted molar refractivity (Wildman–Crippen MR) is 115 cm³/mol. The van der Waals surface area contributed by atoms with Crippen LogP contribution in [0.5, 0.6) is 11.5 Å². The summed E-state index contributed by atoms with van der Waals surface area (Å²) < 4.78 is 30.8. The first-order chi connectivity index (χ1) is 15.6. The van der Waals surface area contributed by atoms with Crippen LogP contribution in [0, 0.1) is 11.7 Å². The molecule has 1 aromatic heterocycles. The van der Waals surface area contributed by atoms with Gasteiger partial charge >= 0.3 is 0 Å². The topological polar surface area (TPSA) is 89.7 Å². The third-order valence-electron chi connectivity index (χ3n) is 5.75. The Bertz CT molecular complexity index is 1150. The number of aromatic nitrogens is 2. The number of amides is 1. The molecule has 3 heterocycles. The van der Waals surface area contributed by atoms with Crippen LogP contribution >= 0.6 is 0 Å². The molecule has 0 spiro atoms. The van der Waals surface area contributed by atoms with Crippen LogP contribution in [0.3, 0.4) is 0 Å². The molecule has 0 radical (unpaired) electrons. The number of rotatable bonds is 5. The van der Waals surface area contributed by atoms with Crippen molar-refractivity contribution in [2.24, 2.45) is 5.92 Å². The van der Waals surface area contributed by atoms with Gasteiger partial charge in [-0.05, 0) is 43.2 Å². The number of aryl methyl sites for hydroxylation is 1. The SMILES string of the molecule is CCc1noc(-c2ccc(N3CCCC(C(=O)Nc4ccc5c(c4)OCO5)C3)c(F)c2)n1. The van der Waals surface area contributed by atoms with Gasteiger partial charge in [-0.25, -0.2) is 4.39 Å². The molecule has 3 aromatic rings. The minimum atomic E-state index is -0.379. The molecule has 0 bridgehead atoms. The summed E-state index contributed by atoms with van der Waals surface area (Å²) in [6.07, 6.45) is 2.19. The number of carbonyl (C=O) groups excluding carboxylic acids is 1. The molecule has 1 N–H and O–H groups in total. The average molecular weight is 438 g/mol. The first-order valence-corrected chi connectivity index (χ1v) is 10.7. The Morgan fingerprint density at radius 2 is 2.09 bits per heavy atom. The van der Waals surface area contributed by atoms with Crippen molar-refractivity contribution in [2.45, 2.75) is 26.2 Å². The molecule has 1 fully saturated rings. The van der Waals surface area contributed by atoms with E-state index in [1.54, 1.807) is 30.3 Å². The van der Waals surface area contributed by atoms with E-state index in [4.69, 9.17) is 14.0 Å². The van der Waals surface area contributed by atoms with Crippen LogP contribution in [0.4, 0.5) is 15.8 Å². The minimum Gasteiger partial charge on any atom is -0.454 e. The summed E-state index contributed by atoms with van der Waals surface area (Å²) in [6, 6.07) is 10.2. The van der Waals surface area contributed by atoms with E-state index in [0.717, 1.165) is 12.8 Å². The molecule has 9 heteroatoms. The zero-order valence-corrected chi connectivity index (χ0v) is 17.6. The van der Waals surface area contributed by atoms with Gasteiger partial charge in [-0.1, -0.05) is 12.1 Å². The summed E-state index contributed by atoms with van der Waals surface area (Å²) >= 11 is 0. The van der Waals surface area contributed by atoms with Gasteiger partial charge < -0.3 is 24.2 Å². The van der Waals surface area contributed by atoms with E-state index in [9.17, 15) is 9.18 Å². The number of carbonyl (C=O) groups is 1. The lowest BCUT2D eigenvalue weighted by Crippen LogP contribution is -2.41. The van der Waals surface area contributed by atoms with Gasteiger partial charge in [0.15, 0.2) is 17.3 Å². The maximum absolute atomic E-state index is 15.0. The van der Waals surface area contributed by atoms with Gasteiger partial charge in [0.05, 0.1) is 11.6 Å². The van der Waals surface area contributed by atoms with Crippen molar-refractivity contribution in [3.63, 3.8) is 0 Å². The van der Waals surface area contributed by atoms with E-state index in [0.29, 0.717) is 59.7 Å². The number of benzene rings is 2. The van der Waals surface area contributed by atoms with Crippen LogP contribution in [0.25, 0.3) is 11.5 Å². The Labute approximate surface area is 184 Å². The van der Waals surface area contributed by atoms with Gasteiger partial charge in [0.2, 0.25) is 12.7 Å². The van der Waals surface area contributed by atoms with Gasteiger partial charge in [0.1, 0.15) is 5.82 Å². The normalized spacial score (nSPS) is 17.4. The summed E-state index contributed by atoms with van der Waals surface area (Å²) in [5.41, 5.74) is 1.65. The van der Waals surface area contributed by atoms with Gasteiger partial charge in [0.25, 0.3) is 5.89 Å². The van der Waals surface area contributed by atoms with Crippen LogP contribution in [0.2, 0.25) is 0 Å². The summed E-state index contributed by atoms with van der Waals surface area (Å²) in [5, 5.41) is 6.80.